The Kier molecular flexibility index (Phi) is 17.2. The molecule has 4 rings (SSSR count). The summed E-state index contributed by atoms with van der Waals surface area (Å²) in [6.45, 7) is 6.87. The molecule has 0 aliphatic heterocycles. The Morgan fingerprint density at radius 1 is 0.565 bits per heavy atom. The standard InChI is InChI=1S/2C12H23N2.C10H8O6S2/c2*1-3-4-5-6-7-8-9-14-11-10-13(2)12-14;11-17(12,13)9-5-1-3-7-8(9)4-2-6-10(7)18(14,15)16/h2*10-12H,3-9H2,1-2H3;1-6H,(H,11,12,13)(H,14,15,16)/q2*+1;/p-2. The lowest BCUT2D eigenvalue weighted by atomic mass is 10.1. The second-order valence-corrected chi connectivity index (χ2v) is 14.4. The van der Waals surface area contributed by atoms with Gasteiger partial charge in [0, 0.05) is 10.8 Å². The fourth-order valence-corrected chi connectivity index (χ4v) is 6.49. The first-order valence-corrected chi connectivity index (χ1v) is 19.1. The topological polar surface area (TPSA) is 132 Å². The number of nitrogens with zero attached hydrogens (tertiary/aromatic N) is 4. The molecule has 0 atom stereocenters. The van der Waals surface area contributed by atoms with Gasteiger partial charge in [0.15, 0.2) is 0 Å². The maximum absolute atomic E-state index is 11.0. The van der Waals surface area contributed by atoms with Gasteiger partial charge in [-0.15, -0.1) is 0 Å². The number of hydrogen-bond acceptors (Lipinski definition) is 6. The van der Waals surface area contributed by atoms with Crippen LogP contribution in [0.5, 0.6) is 0 Å². The quantitative estimate of drug-likeness (QED) is 0.0813. The van der Waals surface area contributed by atoms with E-state index in [2.05, 4.69) is 83.7 Å². The molecule has 0 saturated carbocycles. The average Bonchev–Trinajstić information content (AvgIpc) is 3.62. The molecule has 0 amide bonds. The molecule has 256 valence electrons. The van der Waals surface area contributed by atoms with Crippen LogP contribution in [0.15, 0.2) is 83.6 Å². The third-order valence-electron chi connectivity index (χ3n) is 7.57. The first-order chi connectivity index (χ1) is 21.9. The van der Waals surface area contributed by atoms with Gasteiger partial charge in [0.1, 0.15) is 45.0 Å². The van der Waals surface area contributed by atoms with Gasteiger partial charge >= 0.3 is 0 Å². The molecule has 2 heterocycles. The van der Waals surface area contributed by atoms with Gasteiger partial charge in [-0.2, -0.15) is 0 Å². The van der Waals surface area contributed by atoms with Crippen LogP contribution >= 0.6 is 0 Å². The van der Waals surface area contributed by atoms with Crippen LogP contribution < -0.4 is 9.13 Å². The first kappa shape index (κ1) is 39.1. The van der Waals surface area contributed by atoms with E-state index in [-0.39, 0.29) is 10.8 Å². The third kappa shape index (κ3) is 14.6. The molecular formula is C34H52N4O6S2. The lowest BCUT2D eigenvalue weighted by Gasteiger charge is -2.14. The summed E-state index contributed by atoms with van der Waals surface area (Å²) in [5.74, 6) is 0. The molecule has 2 aromatic heterocycles. The minimum absolute atomic E-state index is 0.0792. The van der Waals surface area contributed by atoms with Crippen molar-refractivity contribution in [2.24, 2.45) is 14.1 Å². The van der Waals surface area contributed by atoms with Crippen LogP contribution in [0.2, 0.25) is 0 Å². The minimum Gasteiger partial charge on any atom is -0.744 e. The molecule has 0 fully saturated rings. The van der Waals surface area contributed by atoms with Gasteiger partial charge in [0.2, 0.25) is 12.7 Å². The SMILES string of the molecule is CCCCCCCCn1cc[n+](C)c1.CCCCCCCCn1cc[n+](C)c1.O=S(=O)([O-])c1cccc2c(S(=O)(=O)[O-])cccc12. The molecular weight excluding hydrogens is 625 g/mol. The van der Waals surface area contributed by atoms with Gasteiger partial charge in [-0.3, -0.25) is 0 Å². The van der Waals surface area contributed by atoms with Crippen molar-refractivity contribution in [1.29, 1.82) is 0 Å². The molecule has 4 aromatic rings. The highest BCUT2D eigenvalue weighted by Gasteiger charge is 2.12. The number of aromatic nitrogens is 4. The first-order valence-electron chi connectivity index (χ1n) is 16.3. The zero-order chi connectivity index (χ0) is 34.0. The van der Waals surface area contributed by atoms with E-state index in [4.69, 9.17) is 0 Å². The largest absolute Gasteiger partial charge is 0.744 e. The summed E-state index contributed by atoms with van der Waals surface area (Å²) in [4.78, 5) is -1.10. The maximum atomic E-state index is 11.0. The highest BCUT2D eigenvalue weighted by molar-refractivity contribution is 7.86. The van der Waals surface area contributed by atoms with Crippen LogP contribution in [0.3, 0.4) is 0 Å². The number of hydrogen-bond donors (Lipinski definition) is 0. The fourth-order valence-electron chi connectivity index (χ4n) is 5.11. The normalized spacial score (nSPS) is 11.5. The number of rotatable bonds is 16. The Hall–Kier alpha value is -3.06. The zero-order valence-corrected chi connectivity index (χ0v) is 29.5. The molecule has 2 aromatic carbocycles. The number of unbranched alkanes of at least 4 members (excludes halogenated alkanes) is 10. The van der Waals surface area contributed by atoms with E-state index in [0.29, 0.717) is 0 Å². The Labute approximate surface area is 276 Å². The monoisotopic (exact) mass is 676 g/mol. The predicted molar refractivity (Wildman–Crippen MR) is 178 cm³/mol. The number of imidazole rings is 2. The van der Waals surface area contributed by atoms with Crippen molar-refractivity contribution in [1.82, 2.24) is 9.13 Å². The van der Waals surface area contributed by atoms with E-state index in [1.165, 1.54) is 114 Å². The molecule has 0 aliphatic rings. The molecule has 0 unspecified atom stereocenters. The second kappa shape index (κ2) is 20.2. The van der Waals surface area contributed by atoms with Crippen LogP contribution in [0, 0.1) is 0 Å². The molecule has 0 spiro atoms. The second-order valence-electron chi connectivity index (χ2n) is 11.7. The van der Waals surface area contributed by atoms with E-state index in [9.17, 15) is 25.9 Å². The van der Waals surface area contributed by atoms with Crippen LogP contribution in [0.1, 0.15) is 90.9 Å². The van der Waals surface area contributed by atoms with Crippen molar-refractivity contribution in [2.75, 3.05) is 0 Å². The van der Waals surface area contributed by atoms with Gasteiger partial charge in [-0.05, 0) is 37.8 Å². The van der Waals surface area contributed by atoms with E-state index in [0.717, 1.165) is 12.1 Å². The summed E-state index contributed by atoms with van der Waals surface area (Å²) in [7, 11) is -5.34. The lowest BCUT2D eigenvalue weighted by Crippen LogP contribution is -2.23. The molecule has 0 saturated heterocycles. The van der Waals surface area contributed by atoms with Crippen LogP contribution in [0.4, 0.5) is 0 Å². The Morgan fingerprint density at radius 3 is 1.22 bits per heavy atom. The molecule has 46 heavy (non-hydrogen) atoms. The summed E-state index contributed by atoms with van der Waals surface area (Å²) < 4.78 is 74.9. The van der Waals surface area contributed by atoms with Crippen LogP contribution in [-0.4, -0.2) is 35.1 Å². The van der Waals surface area contributed by atoms with Crippen molar-refractivity contribution in [3.63, 3.8) is 0 Å². The molecule has 10 nitrogen and oxygen atoms in total. The van der Waals surface area contributed by atoms with E-state index < -0.39 is 30.0 Å². The number of aryl methyl sites for hydroxylation is 4. The molecule has 0 N–H and O–H groups in total. The average molecular weight is 677 g/mol. The van der Waals surface area contributed by atoms with Crippen molar-refractivity contribution in [3.05, 3.63) is 73.8 Å². The Balaban J connectivity index is 0.000000243. The summed E-state index contributed by atoms with van der Waals surface area (Å²) in [6.07, 6.45) is 29.3. The molecule has 0 bridgehead atoms. The van der Waals surface area contributed by atoms with E-state index in [1.54, 1.807) is 0 Å². The summed E-state index contributed by atoms with van der Waals surface area (Å²) in [5.41, 5.74) is 0. The van der Waals surface area contributed by atoms with Crippen LogP contribution in [0.25, 0.3) is 10.8 Å². The Morgan fingerprint density at radius 2 is 0.913 bits per heavy atom. The van der Waals surface area contributed by atoms with Gasteiger partial charge in [0.05, 0.1) is 37.0 Å². The van der Waals surface area contributed by atoms with E-state index >= 15 is 0 Å². The lowest BCUT2D eigenvalue weighted by molar-refractivity contribution is -0.671. The molecule has 0 radical (unpaired) electrons. The minimum atomic E-state index is -4.74. The highest BCUT2D eigenvalue weighted by atomic mass is 32.2. The van der Waals surface area contributed by atoms with Crippen molar-refractivity contribution >= 4 is 31.0 Å². The summed E-state index contributed by atoms with van der Waals surface area (Å²) in [5, 5.41) is -0.158. The van der Waals surface area contributed by atoms with Gasteiger partial charge in [-0.25, -0.2) is 35.1 Å². The third-order valence-corrected chi connectivity index (χ3v) is 9.36. The summed E-state index contributed by atoms with van der Waals surface area (Å²) >= 11 is 0. The van der Waals surface area contributed by atoms with Gasteiger partial charge in [-0.1, -0.05) is 89.5 Å². The molecule has 0 aliphatic carbocycles. The Bertz CT molecular complexity index is 1540. The fraction of sp³-hybridized carbons (Fsp3) is 0.529. The van der Waals surface area contributed by atoms with Gasteiger partial charge in [0.25, 0.3) is 0 Å². The van der Waals surface area contributed by atoms with Crippen LogP contribution in [-0.2, 0) is 47.4 Å². The van der Waals surface area contributed by atoms with Gasteiger partial charge < -0.3 is 9.11 Å². The number of benzene rings is 2. The van der Waals surface area contributed by atoms with Crippen molar-refractivity contribution < 1.29 is 35.1 Å². The van der Waals surface area contributed by atoms with Crippen molar-refractivity contribution in [2.45, 2.75) is 114 Å². The maximum Gasteiger partial charge on any atom is 0.243 e. The van der Waals surface area contributed by atoms with Crippen molar-refractivity contribution in [3.8, 4) is 0 Å². The van der Waals surface area contributed by atoms with E-state index in [1.807, 2.05) is 0 Å². The zero-order valence-electron chi connectivity index (χ0n) is 27.9. The highest BCUT2D eigenvalue weighted by Crippen LogP contribution is 2.27. The molecule has 12 heteroatoms. The predicted octanol–water partition coefficient (Wildman–Crippen LogP) is 5.99. The summed E-state index contributed by atoms with van der Waals surface area (Å²) in [6, 6.07) is 7.09. The smallest absolute Gasteiger partial charge is 0.243 e. The number of fused-ring (bicyclic) bond motifs is 1.